The summed E-state index contributed by atoms with van der Waals surface area (Å²) in [6.07, 6.45) is 1.93. The molecule has 0 radical (unpaired) electrons. The van der Waals surface area contributed by atoms with Gasteiger partial charge >= 0.3 is 0 Å². The minimum Gasteiger partial charge on any atom is -0.339 e. The summed E-state index contributed by atoms with van der Waals surface area (Å²) in [6, 6.07) is 16.5. The molecule has 0 unspecified atom stereocenters. The predicted molar refractivity (Wildman–Crippen MR) is 108 cm³/mol. The minimum atomic E-state index is 0.450. The molecule has 0 aliphatic carbocycles. The van der Waals surface area contributed by atoms with Crippen LogP contribution in [0.25, 0.3) is 11.3 Å². The number of aryl methyl sites for hydroxylation is 3. The molecule has 0 aliphatic heterocycles. The Kier molecular flexibility index (Phi) is 5.24. The number of nitriles is 1. The molecular formula is C21H20N4S. The van der Waals surface area contributed by atoms with E-state index in [-0.39, 0.29) is 0 Å². The Labute approximate surface area is 158 Å². The van der Waals surface area contributed by atoms with Gasteiger partial charge in [-0.2, -0.15) is 5.26 Å². The van der Waals surface area contributed by atoms with Crippen molar-refractivity contribution in [1.82, 2.24) is 9.97 Å². The van der Waals surface area contributed by atoms with Crippen LogP contribution < -0.4 is 5.32 Å². The number of rotatable bonds is 4. The second-order valence-electron chi connectivity index (χ2n) is 6.26. The second kappa shape index (κ2) is 7.59. The van der Waals surface area contributed by atoms with Crippen LogP contribution in [-0.2, 0) is 0 Å². The standard InChI is InChI=1S/C21H20N4S/c1-13-5-7-16(8-6-13)19-18(12-22)20(25-21(24-19)26-4)23-17-10-14(2)9-15(3)11-17/h5-11H,1-4H3,(H,23,24,25). The normalized spacial score (nSPS) is 10.4. The lowest BCUT2D eigenvalue weighted by Gasteiger charge is -2.13. The number of benzene rings is 2. The van der Waals surface area contributed by atoms with Gasteiger partial charge in [-0.25, -0.2) is 9.97 Å². The second-order valence-corrected chi connectivity index (χ2v) is 7.04. The number of thioether (sulfide) groups is 1. The van der Waals surface area contributed by atoms with Crippen LogP contribution in [0, 0.1) is 32.1 Å². The number of anilines is 2. The van der Waals surface area contributed by atoms with E-state index in [1.807, 2.05) is 49.6 Å². The van der Waals surface area contributed by atoms with Crippen molar-refractivity contribution in [1.29, 1.82) is 5.26 Å². The van der Waals surface area contributed by atoms with Gasteiger partial charge in [-0.3, -0.25) is 0 Å². The van der Waals surface area contributed by atoms with Crippen molar-refractivity contribution in [3.8, 4) is 17.3 Å². The molecule has 0 fully saturated rings. The summed E-state index contributed by atoms with van der Waals surface area (Å²) in [5.74, 6) is 0.535. The Morgan fingerprint density at radius 1 is 0.923 bits per heavy atom. The first kappa shape index (κ1) is 18.0. The van der Waals surface area contributed by atoms with Crippen LogP contribution in [0.1, 0.15) is 22.3 Å². The molecule has 0 bridgehead atoms. The Morgan fingerprint density at radius 3 is 2.15 bits per heavy atom. The van der Waals surface area contributed by atoms with Gasteiger partial charge in [0.25, 0.3) is 0 Å². The summed E-state index contributed by atoms with van der Waals surface area (Å²) < 4.78 is 0. The van der Waals surface area contributed by atoms with Gasteiger partial charge in [-0.05, 0) is 50.3 Å². The van der Waals surface area contributed by atoms with Crippen molar-refractivity contribution < 1.29 is 0 Å². The van der Waals surface area contributed by atoms with Gasteiger partial charge < -0.3 is 5.32 Å². The molecule has 3 aromatic rings. The molecule has 0 atom stereocenters. The smallest absolute Gasteiger partial charge is 0.189 e. The third-order valence-electron chi connectivity index (χ3n) is 3.99. The van der Waals surface area contributed by atoms with Gasteiger partial charge in [0, 0.05) is 11.3 Å². The molecule has 3 rings (SSSR count). The summed E-state index contributed by atoms with van der Waals surface area (Å²) in [7, 11) is 0. The highest BCUT2D eigenvalue weighted by Gasteiger charge is 2.16. The topological polar surface area (TPSA) is 61.6 Å². The molecule has 4 nitrogen and oxygen atoms in total. The van der Waals surface area contributed by atoms with Gasteiger partial charge in [-0.15, -0.1) is 0 Å². The fourth-order valence-electron chi connectivity index (χ4n) is 2.83. The maximum absolute atomic E-state index is 9.79. The van der Waals surface area contributed by atoms with Crippen LogP contribution in [0.2, 0.25) is 0 Å². The van der Waals surface area contributed by atoms with Gasteiger partial charge in [0.2, 0.25) is 0 Å². The first-order valence-corrected chi connectivity index (χ1v) is 9.51. The average molecular weight is 360 g/mol. The van der Waals surface area contributed by atoms with Gasteiger partial charge in [0.05, 0.1) is 5.69 Å². The number of nitrogens with zero attached hydrogens (tertiary/aromatic N) is 3. The lowest BCUT2D eigenvalue weighted by Crippen LogP contribution is -2.03. The van der Waals surface area contributed by atoms with Crippen LogP contribution in [0.15, 0.2) is 47.6 Å². The van der Waals surface area contributed by atoms with Crippen molar-refractivity contribution in [3.63, 3.8) is 0 Å². The van der Waals surface area contributed by atoms with Crippen LogP contribution in [0.5, 0.6) is 0 Å². The van der Waals surface area contributed by atoms with E-state index in [9.17, 15) is 5.26 Å². The summed E-state index contributed by atoms with van der Waals surface area (Å²) >= 11 is 1.46. The van der Waals surface area contributed by atoms with Crippen LogP contribution in [0.4, 0.5) is 11.5 Å². The zero-order chi connectivity index (χ0) is 18.7. The third-order valence-corrected chi connectivity index (χ3v) is 4.54. The van der Waals surface area contributed by atoms with Crippen molar-refractivity contribution in [2.45, 2.75) is 25.9 Å². The summed E-state index contributed by atoms with van der Waals surface area (Å²) in [4.78, 5) is 9.13. The number of hydrogen-bond donors (Lipinski definition) is 1. The van der Waals surface area contributed by atoms with Gasteiger partial charge in [0.1, 0.15) is 11.6 Å². The predicted octanol–water partition coefficient (Wildman–Crippen LogP) is 5.41. The quantitative estimate of drug-likeness (QED) is 0.498. The average Bonchev–Trinajstić information content (AvgIpc) is 2.61. The first-order chi connectivity index (χ1) is 12.5. The minimum absolute atomic E-state index is 0.450. The molecule has 5 heteroatoms. The highest BCUT2D eigenvalue weighted by atomic mass is 32.2. The highest BCUT2D eigenvalue weighted by molar-refractivity contribution is 7.98. The fourth-order valence-corrected chi connectivity index (χ4v) is 3.20. The molecule has 130 valence electrons. The zero-order valence-electron chi connectivity index (χ0n) is 15.3. The summed E-state index contributed by atoms with van der Waals surface area (Å²) in [5.41, 5.74) is 6.41. The van der Waals surface area contributed by atoms with Gasteiger partial charge in [0.15, 0.2) is 11.0 Å². The maximum atomic E-state index is 9.79. The van der Waals surface area contributed by atoms with E-state index in [4.69, 9.17) is 0 Å². The SMILES string of the molecule is CSc1nc(Nc2cc(C)cc(C)c2)c(C#N)c(-c2ccc(C)cc2)n1. The van der Waals surface area contributed by atoms with E-state index in [1.54, 1.807) is 0 Å². The largest absolute Gasteiger partial charge is 0.339 e. The van der Waals surface area contributed by atoms with Crippen molar-refractivity contribution >= 4 is 23.3 Å². The van der Waals surface area contributed by atoms with E-state index in [0.717, 1.165) is 22.4 Å². The monoisotopic (exact) mass is 360 g/mol. The number of nitrogens with one attached hydrogen (secondary N) is 1. The molecule has 0 saturated heterocycles. The van der Waals surface area contributed by atoms with Crippen molar-refractivity contribution in [2.24, 2.45) is 0 Å². The Morgan fingerprint density at radius 2 is 1.58 bits per heavy atom. The Bertz CT molecular complexity index is 968. The first-order valence-electron chi connectivity index (χ1n) is 8.28. The highest BCUT2D eigenvalue weighted by Crippen LogP contribution is 2.30. The molecule has 1 heterocycles. The van der Waals surface area contributed by atoms with Crippen LogP contribution in [-0.4, -0.2) is 16.2 Å². The Balaban J connectivity index is 2.14. The molecule has 26 heavy (non-hydrogen) atoms. The third kappa shape index (κ3) is 3.87. The molecule has 0 saturated carbocycles. The number of aromatic nitrogens is 2. The Hall–Kier alpha value is -2.84. The van der Waals surface area contributed by atoms with E-state index in [1.165, 1.54) is 17.3 Å². The van der Waals surface area contributed by atoms with E-state index in [2.05, 4.69) is 41.3 Å². The van der Waals surface area contributed by atoms with Crippen molar-refractivity contribution in [2.75, 3.05) is 11.6 Å². The fraction of sp³-hybridized carbons (Fsp3) is 0.190. The molecule has 0 spiro atoms. The lowest BCUT2D eigenvalue weighted by atomic mass is 10.1. The maximum Gasteiger partial charge on any atom is 0.189 e. The molecule has 0 amide bonds. The molecule has 1 N–H and O–H groups in total. The molecule has 0 aliphatic rings. The van der Waals surface area contributed by atoms with Crippen LogP contribution >= 0.6 is 11.8 Å². The zero-order valence-corrected chi connectivity index (χ0v) is 16.1. The van der Waals surface area contributed by atoms with E-state index < -0.39 is 0 Å². The van der Waals surface area contributed by atoms with Crippen LogP contribution in [0.3, 0.4) is 0 Å². The molecule has 1 aromatic heterocycles. The molecule has 2 aromatic carbocycles. The van der Waals surface area contributed by atoms with E-state index in [0.29, 0.717) is 22.2 Å². The van der Waals surface area contributed by atoms with E-state index >= 15 is 0 Å². The number of hydrogen-bond acceptors (Lipinski definition) is 5. The van der Waals surface area contributed by atoms with Gasteiger partial charge in [-0.1, -0.05) is 47.7 Å². The summed E-state index contributed by atoms with van der Waals surface area (Å²) in [5, 5.41) is 13.7. The lowest BCUT2D eigenvalue weighted by molar-refractivity contribution is 0.975. The van der Waals surface area contributed by atoms with Crippen molar-refractivity contribution in [3.05, 3.63) is 64.7 Å². The summed E-state index contributed by atoms with van der Waals surface area (Å²) in [6.45, 7) is 6.14. The molecular weight excluding hydrogens is 340 g/mol.